The number of thiazole rings is 1. The van der Waals surface area contributed by atoms with Gasteiger partial charge in [0.15, 0.2) is 0 Å². The Kier molecular flexibility index (Phi) is 13.2. The molecule has 2 aliphatic rings. The molecule has 0 radical (unpaired) electrons. The maximum atomic E-state index is 12.6. The number of carbonyl (C=O) groups is 3. The Morgan fingerprint density at radius 2 is 1.57 bits per heavy atom. The second-order valence-electron chi connectivity index (χ2n) is 8.65. The van der Waals surface area contributed by atoms with E-state index in [9.17, 15) is 18.8 Å². The topological polar surface area (TPSA) is 91.4 Å². The second kappa shape index (κ2) is 16.1. The van der Waals surface area contributed by atoms with Gasteiger partial charge < -0.3 is 15.5 Å². The van der Waals surface area contributed by atoms with Crippen molar-refractivity contribution < 1.29 is 18.8 Å². The summed E-state index contributed by atoms with van der Waals surface area (Å²) < 4.78 is 12.6. The van der Waals surface area contributed by atoms with E-state index >= 15 is 0 Å². The van der Waals surface area contributed by atoms with Gasteiger partial charge in [-0.2, -0.15) is 0 Å². The summed E-state index contributed by atoms with van der Waals surface area (Å²) in [5, 5.41) is 7.11. The maximum Gasteiger partial charge on any atom is 0.241 e. The van der Waals surface area contributed by atoms with E-state index < -0.39 is 0 Å². The highest BCUT2D eigenvalue weighted by molar-refractivity contribution is 7.07. The van der Waals surface area contributed by atoms with Crippen LogP contribution in [0.5, 0.6) is 0 Å². The molecule has 4 rings (SSSR count). The number of carbonyl (C=O) groups excluding carboxylic acids is 3. The average Bonchev–Trinajstić information content (AvgIpc) is 3.63. The van der Waals surface area contributed by atoms with E-state index in [1.807, 2.05) is 0 Å². The molecule has 1 aromatic heterocycles. The van der Waals surface area contributed by atoms with Crippen molar-refractivity contribution in [2.75, 3.05) is 26.7 Å². The smallest absolute Gasteiger partial charge is 0.241 e. The molecule has 2 N–H and O–H groups in total. The summed E-state index contributed by atoms with van der Waals surface area (Å²) >= 11 is 1.36. The van der Waals surface area contributed by atoms with Crippen LogP contribution in [0.25, 0.3) is 0 Å². The number of amides is 2. The summed E-state index contributed by atoms with van der Waals surface area (Å²) in [6.45, 7) is 3.53. The third kappa shape index (κ3) is 10.7. The molecule has 1 aliphatic carbocycles. The van der Waals surface area contributed by atoms with Crippen molar-refractivity contribution in [3.05, 3.63) is 52.2 Å². The quantitative estimate of drug-likeness (QED) is 0.576. The van der Waals surface area contributed by atoms with Crippen molar-refractivity contribution in [3.8, 4) is 0 Å². The molecule has 1 aromatic carbocycles. The van der Waals surface area contributed by atoms with Gasteiger partial charge in [-0.15, -0.1) is 11.3 Å². The molecule has 1 unspecified atom stereocenters. The normalized spacial score (nSPS) is 15.7. The molecule has 9 heteroatoms. The summed E-state index contributed by atoms with van der Waals surface area (Å²) in [7, 11) is 1.71. The van der Waals surface area contributed by atoms with Crippen molar-refractivity contribution in [1.29, 1.82) is 0 Å². The number of ketones is 1. The van der Waals surface area contributed by atoms with Gasteiger partial charge in [0.2, 0.25) is 17.6 Å². The maximum absolute atomic E-state index is 12.6. The molecular weight excluding hydrogens is 467 g/mol. The van der Waals surface area contributed by atoms with E-state index in [0.717, 1.165) is 25.9 Å². The van der Waals surface area contributed by atoms with E-state index in [0.29, 0.717) is 11.3 Å². The Labute approximate surface area is 211 Å². The van der Waals surface area contributed by atoms with E-state index in [1.165, 1.54) is 74.1 Å². The number of aromatic nitrogens is 1. The van der Waals surface area contributed by atoms with Crippen LogP contribution in [-0.4, -0.2) is 60.2 Å². The number of benzene rings is 1. The van der Waals surface area contributed by atoms with Crippen molar-refractivity contribution in [3.63, 3.8) is 0 Å². The summed E-state index contributed by atoms with van der Waals surface area (Å²) in [5.41, 5.74) is 2.45. The predicted molar refractivity (Wildman–Crippen MR) is 137 cm³/mol. The third-order valence-electron chi connectivity index (χ3n) is 5.97. The molecule has 0 bridgehead atoms. The van der Waals surface area contributed by atoms with Crippen LogP contribution in [-0.2, 0) is 9.59 Å². The highest BCUT2D eigenvalue weighted by Gasteiger charge is 2.19. The first-order chi connectivity index (χ1) is 16.9. The highest BCUT2D eigenvalue weighted by atomic mass is 32.1. The molecule has 0 spiro atoms. The molecule has 1 aliphatic heterocycles. The molecule has 2 aromatic rings. The summed E-state index contributed by atoms with van der Waals surface area (Å²) in [6, 6.07) is 5.18. The van der Waals surface area contributed by atoms with Crippen molar-refractivity contribution in [2.45, 2.75) is 64.3 Å². The Hall–Kier alpha value is -2.65. The molecule has 2 heterocycles. The van der Waals surface area contributed by atoms with Crippen molar-refractivity contribution >= 4 is 28.9 Å². The molecule has 1 atom stereocenters. The number of likely N-dealkylation sites (tertiary alicyclic amines) is 1. The summed E-state index contributed by atoms with van der Waals surface area (Å²) in [4.78, 5) is 40.2. The van der Waals surface area contributed by atoms with Gasteiger partial charge in [0.25, 0.3) is 0 Å². The first-order valence-corrected chi connectivity index (χ1v) is 13.3. The fourth-order valence-electron chi connectivity index (χ4n) is 3.66. The van der Waals surface area contributed by atoms with Gasteiger partial charge in [-0.25, -0.2) is 9.37 Å². The molecule has 2 amide bonds. The first kappa shape index (κ1) is 28.6. The Bertz CT molecular complexity index is 884. The molecule has 35 heavy (non-hydrogen) atoms. The van der Waals surface area contributed by atoms with Crippen LogP contribution >= 0.6 is 11.3 Å². The zero-order chi connectivity index (χ0) is 25.5. The number of halogens is 1. The first-order valence-electron chi connectivity index (χ1n) is 12.3. The van der Waals surface area contributed by atoms with Crippen molar-refractivity contribution in [1.82, 2.24) is 20.5 Å². The average molecular weight is 505 g/mol. The number of hydrogen-bond donors (Lipinski definition) is 2. The van der Waals surface area contributed by atoms with Crippen LogP contribution in [0.3, 0.4) is 0 Å². The van der Waals surface area contributed by atoms with Gasteiger partial charge in [-0.05, 0) is 51.1 Å². The van der Waals surface area contributed by atoms with Gasteiger partial charge in [-0.3, -0.25) is 14.4 Å². The van der Waals surface area contributed by atoms with Crippen LogP contribution in [0.4, 0.5) is 4.39 Å². The van der Waals surface area contributed by atoms with Crippen LogP contribution in [0.1, 0.15) is 74.3 Å². The lowest BCUT2D eigenvalue weighted by Gasteiger charge is -2.16. The fraction of sp³-hybridized carbons (Fsp3) is 0.538. The monoisotopic (exact) mass is 504 g/mol. The lowest BCUT2D eigenvalue weighted by molar-refractivity contribution is -0.132. The number of nitrogens with one attached hydrogen (secondary N) is 2. The van der Waals surface area contributed by atoms with Crippen LogP contribution in [0.2, 0.25) is 0 Å². The van der Waals surface area contributed by atoms with Gasteiger partial charge in [0, 0.05) is 24.0 Å². The zero-order valence-electron chi connectivity index (χ0n) is 20.7. The number of likely N-dealkylation sites (N-methyl/N-ethyl adjacent to an activating group) is 1. The standard InChI is InChI=1S/C10H6FNOS.C10H19N3O2.C6H12/c11-8-3-1-7(2-4-8)10(13)9-5-14-6-12-9;1-8(11-2)10(15)12-7-9(14)13-5-3-4-6-13;1-2-4-6-5-3-1/h1-6H;8,11H,3-7H2,1-2H3,(H,12,15);1-6H2. The molecule has 7 nitrogen and oxygen atoms in total. The predicted octanol–water partition coefficient (Wildman–Crippen LogP) is 4.19. The van der Waals surface area contributed by atoms with E-state index in [1.54, 1.807) is 29.8 Å². The molecule has 1 saturated carbocycles. The minimum atomic E-state index is -0.347. The Balaban J connectivity index is 0.000000201. The van der Waals surface area contributed by atoms with Crippen LogP contribution in [0, 0.1) is 5.82 Å². The van der Waals surface area contributed by atoms with E-state index in [-0.39, 0.29) is 36.0 Å². The Morgan fingerprint density at radius 3 is 2.06 bits per heavy atom. The van der Waals surface area contributed by atoms with Gasteiger partial charge in [0.05, 0.1) is 18.1 Å². The largest absolute Gasteiger partial charge is 0.346 e. The number of nitrogens with zero attached hydrogens (tertiary/aromatic N) is 2. The number of hydrogen-bond acceptors (Lipinski definition) is 6. The van der Waals surface area contributed by atoms with Gasteiger partial charge in [-0.1, -0.05) is 38.5 Å². The SMILES string of the molecule is C1CCCCC1.CNC(C)C(=O)NCC(=O)N1CCCC1.O=C(c1ccc(F)cc1)c1cscn1. The summed E-state index contributed by atoms with van der Waals surface area (Å²) in [5.74, 6) is -0.639. The van der Waals surface area contributed by atoms with E-state index in [4.69, 9.17) is 0 Å². The highest BCUT2D eigenvalue weighted by Crippen LogP contribution is 2.15. The minimum absolute atomic E-state index is 0.0177. The lowest BCUT2D eigenvalue weighted by atomic mass is 10.0. The van der Waals surface area contributed by atoms with Gasteiger partial charge >= 0.3 is 0 Å². The van der Waals surface area contributed by atoms with Gasteiger partial charge in [0.1, 0.15) is 11.5 Å². The molecular formula is C26H37FN4O3S. The molecule has 1 saturated heterocycles. The minimum Gasteiger partial charge on any atom is -0.346 e. The second-order valence-corrected chi connectivity index (χ2v) is 9.37. The Morgan fingerprint density at radius 1 is 1.00 bits per heavy atom. The van der Waals surface area contributed by atoms with Crippen molar-refractivity contribution in [2.24, 2.45) is 0 Å². The van der Waals surface area contributed by atoms with Crippen LogP contribution in [0.15, 0.2) is 35.2 Å². The molecule has 2 fully saturated rings. The van der Waals surface area contributed by atoms with E-state index in [2.05, 4.69) is 15.6 Å². The third-order valence-corrected chi connectivity index (χ3v) is 6.56. The number of rotatable bonds is 6. The van der Waals surface area contributed by atoms with Crippen LogP contribution < -0.4 is 10.6 Å². The zero-order valence-corrected chi connectivity index (χ0v) is 21.5. The lowest BCUT2D eigenvalue weighted by Crippen LogP contribution is -2.45. The summed E-state index contributed by atoms with van der Waals surface area (Å²) in [6.07, 6.45) is 11.2. The molecule has 192 valence electrons. The fourth-order valence-corrected chi connectivity index (χ4v) is 4.19.